The summed E-state index contributed by atoms with van der Waals surface area (Å²) in [5.74, 6) is -2.60. The third-order valence-corrected chi connectivity index (χ3v) is 2.69. The molecular formula is C12H14N4O6. The Morgan fingerprint density at radius 2 is 2.32 bits per heavy atom. The number of hydrogen-bond donors (Lipinski definition) is 2. The number of methoxy groups -OCH3 is 1. The number of rotatable bonds is 9. The second-order valence-electron chi connectivity index (χ2n) is 4.18. The molecule has 0 fully saturated rings. The molecule has 1 amide bonds. The van der Waals surface area contributed by atoms with Crippen molar-refractivity contribution >= 4 is 23.9 Å². The Morgan fingerprint density at radius 1 is 1.59 bits per heavy atom. The highest BCUT2D eigenvalue weighted by molar-refractivity contribution is 6.25. The van der Waals surface area contributed by atoms with Gasteiger partial charge in [-0.3, -0.25) is 9.59 Å². The lowest BCUT2D eigenvalue weighted by molar-refractivity contribution is -0.144. The van der Waals surface area contributed by atoms with Gasteiger partial charge in [-0.25, -0.2) is 9.78 Å². The maximum atomic E-state index is 12.0. The van der Waals surface area contributed by atoms with E-state index in [1.165, 1.54) is 13.4 Å². The van der Waals surface area contributed by atoms with E-state index in [9.17, 15) is 14.4 Å². The van der Waals surface area contributed by atoms with Gasteiger partial charge in [0, 0.05) is 13.5 Å². The summed E-state index contributed by atoms with van der Waals surface area (Å²) >= 11 is 0. The number of carboxylic acid groups (broad SMARTS) is 1. The van der Waals surface area contributed by atoms with Crippen molar-refractivity contribution < 1.29 is 33.4 Å². The molecule has 0 spiro atoms. The number of carboxylic acids is 1. The van der Waals surface area contributed by atoms with Gasteiger partial charge in [0.2, 0.25) is 5.78 Å². The van der Waals surface area contributed by atoms with E-state index in [4.69, 9.17) is 19.8 Å². The van der Waals surface area contributed by atoms with Crippen LogP contribution < -0.4 is 5.32 Å². The minimum absolute atomic E-state index is 0.165. The number of carbonyl (C=O) groups excluding carboxylic acids is 2. The first kappa shape index (κ1) is 17.2. The summed E-state index contributed by atoms with van der Waals surface area (Å²) in [7, 11) is 1.26. The standard InChI is InChI=1S/C12H14N4O6/c1-21-10(9-5-22-6-14-9)11(18)16-8(12(19)20)3-2-7(17)4-15-13/h4-6,8,10H,2-3H2,1H3,(H,16,18)(H,19,20). The van der Waals surface area contributed by atoms with Gasteiger partial charge >= 0.3 is 12.2 Å². The number of amides is 1. The van der Waals surface area contributed by atoms with E-state index in [1.54, 1.807) is 0 Å². The third-order valence-electron chi connectivity index (χ3n) is 2.69. The number of aliphatic carboxylic acids is 1. The highest BCUT2D eigenvalue weighted by Gasteiger charge is 2.28. The maximum absolute atomic E-state index is 12.0. The Balaban J connectivity index is 2.69. The van der Waals surface area contributed by atoms with Gasteiger partial charge in [0.1, 0.15) is 18.0 Å². The quantitative estimate of drug-likeness (QED) is 0.356. The molecule has 2 atom stereocenters. The van der Waals surface area contributed by atoms with Gasteiger partial charge in [-0.05, 0) is 6.42 Å². The van der Waals surface area contributed by atoms with Crippen molar-refractivity contribution in [3.8, 4) is 0 Å². The van der Waals surface area contributed by atoms with Crippen LogP contribution in [-0.4, -0.2) is 51.9 Å². The van der Waals surface area contributed by atoms with E-state index in [0.717, 1.165) is 6.39 Å². The monoisotopic (exact) mass is 310 g/mol. The lowest BCUT2D eigenvalue weighted by atomic mass is 10.1. The van der Waals surface area contributed by atoms with Crippen LogP contribution in [0.5, 0.6) is 0 Å². The van der Waals surface area contributed by atoms with Crippen molar-refractivity contribution in [2.75, 3.05) is 7.11 Å². The van der Waals surface area contributed by atoms with E-state index in [1.807, 2.05) is 0 Å². The first-order valence-electron chi connectivity index (χ1n) is 6.14. The SMILES string of the molecule is COC(C(=O)NC(CCC(=O)C=[N+]=[N-])C(=O)O)c1cocn1. The fraction of sp³-hybridized carbons (Fsp3) is 0.417. The Morgan fingerprint density at radius 3 is 2.82 bits per heavy atom. The molecule has 118 valence electrons. The molecule has 1 aromatic heterocycles. The topological polar surface area (TPSA) is 155 Å². The predicted molar refractivity (Wildman–Crippen MR) is 69.7 cm³/mol. The number of carbonyl (C=O) groups is 3. The minimum atomic E-state index is -1.31. The molecule has 10 nitrogen and oxygen atoms in total. The number of aromatic nitrogens is 1. The van der Waals surface area contributed by atoms with E-state index in [2.05, 4.69) is 15.1 Å². The van der Waals surface area contributed by atoms with Crippen LogP contribution in [0.4, 0.5) is 0 Å². The van der Waals surface area contributed by atoms with Gasteiger partial charge in [-0.15, -0.1) is 0 Å². The second kappa shape index (κ2) is 8.45. The molecule has 0 aliphatic heterocycles. The van der Waals surface area contributed by atoms with Crippen molar-refractivity contribution in [3.05, 3.63) is 23.9 Å². The van der Waals surface area contributed by atoms with Crippen molar-refractivity contribution in [2.24, 2.45) is 0 Å². The van der Waals surface area contributed by atoms with Gasteiger partial charge in [0.05, 0.1) is 0 Å². The smallest absolute Gasteiger partial charge is 0.326 e. The van der Waals surface area contributed by atoms with Gasteiger partial charge in [-0.1, -0.05) is 0 Å². The molecule has 0 saturated carbocycles. The van der Waals surface area contributed by atoms with Gasteiger partial charge in [0.15, 0.2) is 12.5 Å². The summed E-state index contributed by atoms with van der Waals surface area (Å²) in [4.78, 5) is 40.6. The van der Waals surface area contributed by atoms with Crippen molar-refractivity contribution in [1.82, 2.24) is 10.3 Å². The summed E-state index contributed by atoms with van der Waals surface area (Å²) in [5, 5.41) is 11.3. The first-order chi connectivity index (χ1) is 10.5. The summed E-state index contributed by atoms with van der Waals surface area (Å²) in [5.41, 5.74) is 8.38. The predicted octanol–water partition coefficient (Wildman–Crippen LogP) is -0.419. The van der Waals surface area contributed by atoms with Crippen LogP contribution >= 0.6 is 0 Å². The molecule has 1 rings (SSSR count). The lowest BCUT2D eigenvalue weighted by Gasteiger charge is -2.17. The molecule has 22 heavy (non-hydrogen) atoms. The number of ketones is 1. The van der Waals surface area contributed by atoms with Crippen LogP contribution in [0.3, 0.4) is 0 Å². The lowest BCUT2D eigenvalue weighted by Crippen LogP contribution is -2.43. The Bertz CT molecular complexity index is 578. The molecule has 2 unspecified atom stereocenters. The molecule has 1 aromatic rings. The van der Waals surface area contributed by atoms with Crippen LogP contribution in [0, 0.1) is 0 Å². The Kier molecular flexibility index (Phi) is 6.61. The number of oxazole rings is 1. The molecule has 0 aromatic carbocycles. The average molecular weight is 310 g/mol. The summed E-state index contributed by atoms with van der Waals surface area (Å²) in [6, 6.07) is -1.30. The number of Topliss-reactive ketones (excluding diaryl/α,β-unsaturated/α-hetero) is 1. The third kappa shape index (κ3) is 4.93. The number of nitrogens with zero attached hydrogens (tertiary/aromatic N) is 3. The van der Waals surface area contributed by atoms with Crippen LogP contribution in [0.2, 0.25) is 0 Å². The van der Waals surface area contributed by atoms with Crippen LogP contribution in [0.15, 0.2) is 17.1 Å². The molecular weight excluding hydrogens is 296 g/mol. The van der Waals surface area contributed by atoms with E-state index >= 15 is 0 Å². The fourth-order valence-electron chi connectivity index (χ4n) is 1.63. The molecule has 0 bridgehead atoms. The Hall–Kier alpha value is -2.84. The van der Waals surface area contributed by atoms with Crippen LogP contribution in [-0.2, 0) is 19.1 Å². The summed E-state index contributed by atoms with van der Waals surface area (Å²) in [6.07, 6.45) is 1.47. The van der Waals surface area contributed by atoms with Gasteiger partial charge < -0.3 is 25.1 Å². The summed E-state index contributed by atoms with van der Waals surface area (Å²) in [6.45, 7) is 0. The van der Waals surface area contributed by atoms with E-state index < -0.39 is 29.8 Å². The second-order valence-corrected chi connectivity index (χ2v) is 4.18. The molecule has 10 heteroatoms. The minimum Gasteiger partial charge on any atom is -0.480 e. The highest BCUT2D eigenvalue weighted by atomic mass is 16.5. The van der Waals surface area contributed by atoms with Crippen LogP contribution in [0.25, 0.3) is 5.53 Å². The van der Waals surface area contributed by atoms with E-state index in [-0.39, 0.29) is 18.5 Å². The number of ether oxygens (including phenoxy) is 1. The van der Waals surface area contributed by atoms with Crippen molar-refractivity contribution in [1.29, 1.82) is 0 Å². The average Bonchev–Trinajstić information content (AvgIpc) is 2.98. The zero-order valence-electron chi connectivity index (χ0n) is 11.6. The molecule has 0 aliphatic carbocycles. The molecule has 0 saturated heterocycles. The first-order valence-corrected chi connectivity index (χ1v) is 6.14. The molecule has 0 radical (unpaired) electrons. The normalized spacial score (nSPS) is 12.8. The molecule has 2 N–H and O–H groups in total. The van der Waals surface area contributed by atoms with Crippen molar-refractivity contribution in [2.45, 2.75) is 25.0 Å². The highest BCUT2D eigenvalue weighted by Crippen LogP contribution is 2.15. The largest absolute Gasteiger partial charge is 0.480 e. The van der Waals surface area contributed by atoms with Crippen LogP contribution in [0.1, 0.15) is 24.6 Å². The fourth-order valence-corrected chi connectivity index (χ4v) is 1.63. The number of nitrogens with one attached hydrogen (secondary N) is 1. The van der Waals surface area contributed by atoms with Gasteiger partial charge in [-0.2, -0.15) is 4.79 Å². The molecule has 1 heterocycles. The number of hydrogen-bond acceptors (Lipinski definition) is 6. The van der Waals surface area contributed by atoms with Gasteiger partial charge in [0.25, 0.3) is 5.91 Å². The summed E-state index contributed by atoms with van der Waals surface area (Å²) < 4.78 is 9.69. The maximum Gasteiger partial charge on any atom is 0.326 e. The van der Waals surface area contributed by atoms with E-state index in [0.29, 0.717) is 6.21 Å². The molecule has 0 aliphatic rings. The van der Waals surface area contributed by atoms with Crippen molar-refractivity contribution in [3.63, 3.8) is 0 Å². The Labute approximate surface area is 124 Å². The zero-order chi connectivity index (χ0) is 16.5. The zero-order valence-corrected chi connectivity index (χ0v) is 11.6.